The van der Waals surface area contributed by atoms with E-state index in [0.29, 0.717) is 6.54 Å². The van der Waals surface area contributed by atoms with Gasteiger partial charge >= 0.3 is 5.97 Å². The molecule has 0 aliphatic rings. The Hall–Kier alpha value is -0.610. The van der Waals surface area contributed by atoms with Crippen LogP contribution in [0.1, 0.15) is 19.8 Å². The SMILES string of the molecule is CC(CNCCCCN(C)C)C(=O)O. The van der Waals surface area contributed by atoms with Crippen molar-refractivity contribution in [2.75, 3.05) is 33.7 Å². The van der Waals surface area contributed by atoms with E-state index >= 15 is 0 Å². The van der Waals surface area contributed by atoms with E-state index in [1.165, 1.54) is 0 Å². The van der Waals surface area contributed by atoms with Gasteiger partial charge in [0.15, 0.2) is 0 Å². The predicted octanol–water partition coefficient (Wildman–Crippen LogP) is 0.639. The number of carboxylic acid groups (broad SMARTS) is 1. The normalized spacial score (nSPS) is 13.1. The van der Waals surface area contributed by atoms with Crippen LogP contribution in [0.25, 0.3) is 0 Å². The van der Waals surface area contributed by atoms with Crippen molar-refractivity contribution in [3.63, 3.8) is 0 Å². The molecule has 0 aromatic heterocycles. The minimum atomic E-state index is -0.731. The Labute approximate surface area is 86.3 Å². The maximum Gasteiger partial charge on any atom is 0.307 e. The molecule has 4 nitrogen and oxygen atoms in total. The van der Waals surface area contributed by atoms with Gasteiger partial charge in [-0.2, -0.15) is 0 Å². The molecule has 0 aliphatic carbocycles. The molecule has 0 rings (SSSR count). The van der Waals surface area contributed by atoms with Crippen LogP contribution in [0.4, 0.5) is 0 Å². The highest BCUT2D eigenvalue weighted by Crippen LogP contribution is 1.93. The van der Waals surface area contributed by atoms with E-state index < -0.39 is 5.97 Å². The molecule has 0 amide bonds. The van der Waals surface area contributed by atoms with Crippen LogP contribution < -0.4 is 5.32 Å². The van der Waals surface area contributed by atoms with Gasteiger partial charge in [0.25, 0.3) is 0 Å². The van der Waals surface area contributed by atoms with Crippen molar-refractivity contribution in [2.45, 2.75) is 19.8 Å². The van der Waals surface area contributed by atoms with Crippen LogP contribution in [0.2, 0.25) is 0 Å². The predicted molar refractivity (Wildman–Crippen MR) is 57.5 cm³/mol. The second-order valence-electron chi connectivity index (χ2n) is 3.95. The van der Waals surface area contributed by atoms with E-state index in [1.54, 1.807) is 6.92 Å². The van der Waals surface area contributed by atoms with Gasteiger partial charge in [0.2, 0.25) is 0 Å². The summed E-state index contributed by atoms with van der Waals surface area (Å²) in [5, 5.41) is 11.8. The lowest BCUT2D eigenvalue weighted by Crippen LogP contribution is -2.27. The number of unbranched alkanes of at least 4 members (excludes halogenated alkanes) is 1. The summed E-state index contributed by atoms with van der Waals surface area (Å²) >= 11 is 0. The summed E-state index contributed by atoms with van der Waals surface area (Å²) in [6.07, 6.45) is 2.26. The summed E-state index contributed by atoms with van der Waals surface area (Å²) in [5.41, 5.74) is 0. The maximum absolute atomic E-state index is 10.5. The van der Waals surface area contributed by atoms with Crippen molar-refractivity contribution in [3.8, 4) is 0 Å². The van der Waals surface area contributed by atoms with E-state index in [9.17, 15) is 4.79 Å². The van der Waals surface area contributed by atoms with Crippen molar-refractivity contribution in [1.29, 1.82) is 0 Å². The van der Waals surface area contributed by atoms with Gasteiger partial charge in [-0.15, -0.1) is 0 Å². The number of hydrogen-bond acceptors (Lipinski definition) is 3. The van der Waals surface area contributed by atoms with Gasteiger partial charge in [0, 0.05) is 6.54 Å². The smallest absolute Gasteiger partial charge is 0.307 e. The second kappa shape index (κ2) is 7.76. The fraction of sp³-hybridized carbons (Fsp3) is 0.900. The van der Waals surface area contributed by atoms with Gasteiger partial charge in [0.05, 0.1) is 5.92 Å². The van der Waals surface area contributed by atoms with Gasteiger partial charge in [-0.1, -0.05) is 6.92 Å². The third kappa shape index (κ3) is 8.01. The largest absolute Gasteiger partial charge is 0.481 e. The zero-order chi connectivity index (χ0) is 11.0. The fourth-order valence-corrected chi connectivity index (χ4v) is 1.08. The highest BCUT2D eigenvalue weighted by molar-refractivity contribution is 5.69. The number of nitrogens with one attached hydrogen (secondary N) is 1. The summed E-state index contributed by atoms with van der Waals surface area (Å²) in [6.45, 7) is 4.29. The third-order valence-electron chi connectivity index (χ3n) is 2.08. The summed E-state index contributed by atoms with van der Waals surface area (Å²) in [6, 6.07) is 0. The van der Waals surface area contributed by atoms with Gasteiger partial charge in [0.1, 0.15) is 0 Å². The number of carbonyl (C=O) groups is 1. The highest BCUT2D eigenvalue weighted by Gasteiger charge is 2.08. The van der Waals surface area contributed by atoms with Crippen molar-refractivity contribution >= 4 is 5.97 Å². The average Bonchev–Trinajstić information content (AvgIpc) is 2.09. The molecule has 1 atom stereocenters. The molecule has 0 fully saturated rings. The van der Waals surface area contributed by atoms with E-state index in [4.69, 9.17) is 5.11 Å². The molecule has 0 bridgehead atoms. The summed E-state index contributed by atoms with van der Waals surface area (Å²) in [5.74, 6) is -1.02. The van der Waals surface area contributed by atoms with Gasteiger partial charge in [-0.3, -0.25) is 4.79 Å². The molecule has 0 aromatic rings. The van der Waals surface area contributed by atoms with Crippen LogP contribution in [-0.4, -0.2) is 49.7 Å². The summed E-state index contributed by atoms with van der Waals surface area (Å²) in [4.78, 5) is 12.6. The first-order chi connectivity index (χ1) is 6.54. The first-order valence-corrected chi connectivity index (χ1v) is 5.12. The first-order valence-electron chi connectivity index (χ1n) is 5.12. The number of carboxylic acids is 1. The molecule has 0 saturated carbocycles. The Morgan fingerprint density at radius 2 is 2.07 bits per heavy atom. The van der Waals surface area contributed by atoms with E-state index in [1.807, 2.05) is 0 Å². The minimum Gasteiger partial charge on any atom is -0.481 e. The van der Waals surface area contributed by atoms with Crippen LogP contribution in [0.5, 0.6) is 0 Å². The van der Waals surface area contributed by atoms with Crippen molar-refractivity contribution in [1.82, 2.24) is 10.2 Å². The first kappa shape index (κ1) is 13.4. The maximum atomic E-state index is 10.5. The van der Waals surface area contributed by atoms with Gasteiger partial charge in [-0.05, 0) is 40.0 Å². The van der Waals surface area contributed by atoms with Crippen LogP contribution in [-0.2, 0) is 4.79 Å². The van der Waals surface area contributed by atoms with E-state index in [0.717, 1.165) is 25.9 Å². The standard InChI is InChI=1S/C10H22N2O2/c1-9(10(13)14)8-11-6-4-5-7-12(2)3/h9,11H,4-8H2,1-3H3,(H,13,14). The quantitative estimate of drug-likeness (QED) is 0.567. The lowest BCUT2D eigenvalue weighted by atomic mass is 10.2. The van der Waals surface area contributed by atoms with Crippen LogP contribution in [0.15, 0.2) is 0 Å². The molecular formula is C10H22N2O2. The number of aliphatic carboxylic acids is 1. The fourth-order valence-electron chi connectivity index (χ4n) is 1.08. The van der Waals surface area contributed by atoms with Gasteiger partial charge < -0.3 is 15.3 Å². The van der Waals surface area contributed by atoms with E-state index in [-0.39, 0.29) is 5.92 Å². The number of hydrogen-bond donors (Lipinski definition) is 2. The molecule has 4 heteroatoms. The molecule has 0 radical (unpaired) electrons. The van der Waals surface area contributed by atoms with Gasteiger partial charge in [-0.25, -0.2) is 0 Å². The highest BCUT2D eigenvalue weighted by atomic mass is 16.4. The van der Waals surface area contributed by atoms with Crippen LogP contribution in [0, 0.1) is 5.92 Å². The molecule has 14 heavy (non-hydrogen) atoms. The average molecular weight is 202 g/mol. The Morgan fingerprint density at radius 1 is 1.43 bits per heavy atom. The van der Waals surface area contributed by atoms with Crippen molar-refractivity contribution in [3.05, 3.63) is 0 Å². The second-order valence-corrected chi connectivity index (χ2v) is 3.95. The zero-order valence-electron chi connectivity index (χ0n) is 9.42. The molecule has 84 valence electrons. The number of rotatable bonds is 8. The zero-order valence-corrected chi connectivity index (χ0v) is 9.42. The Morgan fingerprint density at radius 3 is 2.57 bits per heavy atom. The molecule has 0 aromatic carbocycles. The monoisotopic (exact) mass is 202 g/mol. The molecule has 0 saturated heterocycles. The lowest BCUT2D eigenvalue weighted by molar-refractivity contribution is -0.140. The van der Waals surface area contributed by atoms with Crippen LogP contribution in [0.3, 0.4) is 0 Å². The Balaban J connectivity index is 3.17. The lowest BCUT2D eigenvalue weighted by Gasteiger charge is -2.10. The molecular weight excluding hydrogens is 180 g/mol. The number of nitrogens with zero attached hydrogens (tertiary/aromatic N) is 1. The Kier molecular flexibility index (Phi) is 7.42. The van der Waals surface area contributed by atoms with Crippen LogP contribution >= 0.6 is 0 Å². The summed E-state index contributed by atoms with van der Waals surface area (Å²) < 4.78 is 0. The van der Waals surface area contributed by atoms with E-state index in [2.05, 4.69) is 24.3 Å². The Bertz CT molecular complexity index is 160. The topological polar surface area (TPSA) is 52.6 Å². The third-order valence-corrected chi connectivity index (χ3v) is 2.08. The minimum absolute atomic E-state index is 0.288. The molecule has 0 aliphatic heterocycles. The van der Waals surface area contributed by atoms with Crippen molar-refractivity contribution in [2.24, 2.45) is 5.92 Å². The van der Waals surface area contributed by atoms with Crippen molar-refractivity contribution < 1.29 is 9.90 Å². The summed E-state index contributed by atoms with van der Waals surface area (Å²) in [7, 11) is 4.11. The molecule has 0 spiro atoms. The molecule has 2 N–H and O–H groups in total. The molecule has 1 unspecified atom stereocenters. The molecule has 0 heterocycles.